The van der Waals surface area contributed by atoms with E-state index in [4.69, 9.17) is 14.2 Å². The lowest BCUT2D eigenvalue weighted by Gasteiger charge is -2.15. The molecular weight excluding hydrogens is 366 g/mol. The highest BCUT2D eigenvalue weighted by molar-refractivity contribution is 6.40. The molecule has 0 heterocycles. The van der Waals surface area contributed by atoms with Crippen molar-refractivity contribution in [3.05, 3.63) is 83.4 Å². The summed E-state index contributed by atoms with van der Waals surface area (Å²) in [6, 6.07) is 20.6. The van der Waals surface area contributed by atoms with Crippen LogP contribution in [0, 0.1) is 0 Å². The predicted octanol–water partition coefficient (Wildman–Crippen LogP) is 4.89. The van der Waals surface area contributed by atoms with Crippen molar-refractivity contribution < 1.29 is 19.0 Å². The summed E-state index contributed by atoms with van der Waals surface area (Å²) in [5.74, 6) is 2.05. The minimum absolute atomic E-state index is 0.0132. The molecule has 1 aliphatic rings. The molecule has 0 radical (unpaired) electrons. The Hall–Kier alpha value is -3.73. The molecule has 1 aliphatic carbocycles. The van der Waals surface area contributed by atoms with Gasteiger partial charge in [-0.2, -0.15) is 0 Å². The number of methoxy groups -OCH3 is 3. The fraction of sp³-hybridized carbons (Fsp3) is 0.125. The summed E-state index contributed by atoms with van der Waals surface area (Å²) in [5, 5.41) is 3.42. The van der Waals surface area contributed by atoms with Gasteiger partial charge in [0.15, 0.2) is 5.78 Å². The normalized spacial score (nSPS) is 12.6. The molecule has 0 bridgehead atoms. The van der Waals surface area contributed by atoms with Crippen molar-refractivity contribution in [3.63, 3.8) is 0 Å². The lowest BCUT2D eigenvalue weighted by Crippen LogP contribution is -2.03. The molecule has 29 heavy (non-hydrogen) atoms. The first kappa shape index (κ1) is 18.6. The molecule has 0 atom stereocenters. The van der Waals surface area contributed by atoms with Gasteiger partial charge < -0.3 is 19.5 Å². The van der Waals surface area contributed by atoms with E-state index < -0.39 is 0 Å². The number of fused-ring (bicyclic) bond motifs is 1. The highest BCUT2D eigenvalue weighted by Crippen LogP contribution is 2.41. The predicted molar refractivity (Wildman–Crippen MR) is 114 cm³/mol. The van der Waals surface area contributed by atoms with E-state index >= 15 is 0 Å². The molecule has 0 aliphatic heterocycles. The van der Waals surface area contributed by atoms with Crippen molar-refractivity contribution in [2.45, 2.75) is 0 Å². The summed E-state index contributed by atoms with van der Waals surface area (Å²) in [6.07, 6.45) is 0. The Morgan fingerprint density at radius 3 is 2.03 bits per heavy atom. The summed E-state index contributed by atoms with van der Waals surface area (Å²) in [4.78, 5) is 13.2. The fourth-order valence-electron chi connectivity index (χ4n) is 3.48. The van der Waals surface area contributed by atoms with Gasteiger partial charge in [-0.15, -0.1) is 0 Å². The van der Waals surface area contributed by atoms with E-state index in [1.165, 1.54) is 0 Å². The van der Waals surface area contributed by atoms with Crippen LogP contribution in [-0.2, 0) is 0 Å². The van der Waals surface area contributed by atoms with E-state index in [1.807, 2.05) is 60.7 Å². The van der Waals surface area contributed by atoms with Gasteiger partial charge in [0, 0.05) is 17.2 Å². The highest BCUT2D eigenvalue weighted by atomic mass is 16.5. The number of rotatable bonds is 6. The molecule has 0 unspecified atom stereocenters. The zero-order valence-corrected chi connectivity index (χ0v) is 16.5. The molecule has 5 heteroatoms. The number of hydrogen-bond donors (Lipinski definition) is 1. The molecular formula is C24H21NO4. The van der Waals surface area contributed by atoms with Gasteiger partial charge in [-0.05, 0) is 29.8 Å². The van der Waals surface area contributed by atoms with Crippen molar-refractivity contribution in [3.8, 4) is 17.2 Å². The molecule has 0 amide bonds. The molecule has 0 aromatic heterocycles. The second-order valence-corrected chi connectivity index (χ2v) is 6.54. The van der Waals surface area contributed by atoms with Crippen molar-refractivity contribution in [1.82, 2.24) is 0 Å². The minimum atomic E-state index is -0.0132. The highest BCUT2D eigenvalue weighted by Gasteiger charge is 2.31. The zero-order chi connectivity index (χ0) is 20.4. The van der Waals surface area contributed by atoms with Crippen LogP contribution >= 0.6 is 0 Å². The standard InChI is InChI=1S/C24H21NO4/c1-27-16-10-8-15(9-11-16)22-23(18-6-4-5-7-19(18)24(22)26)25-20-13-12-17(28-2)14-21(20)29-3/h4-14,25H,1-3H3. The number of carbonyl (C=O) groups is 1. The lowest BCUT2D eigenvalue weighted by atomic mass is 10.0. The second-order valence-electron chi connectivity index (χ2n) is 6.54. The smallest absolute Gasteiger partial charge is 0.196 e. The van der Waals surface area contributed by atoms with Crippen molar-refractivity contribution in [2.75, 3.05) is 26.6 Å². The summed E-state index contributed by atoms with van der Waals surface area (Å²) in [5.41, 5.74) is 4.47. The van der Waals surface area contributed by atoms with E-state index in [0.29, 0.717) is 22.6 Å². The first-order valence-corrected chi connectivity index (χ1v) is 9.18. The summed E-state index contributed by atoms with van der Waals surface area (Å²) >= 11 is 0. The Bertz CT molecular complexity index is 1100. The molecule has 4 rings (SSSR count). The topological polar surface area (TPSA) is 56.8 Å². The van der Waals surface area contributed by atoms with Crippen LogP contribution in [0.3, 0.4) is 0 Å². The third-order valence-electron chi connectivity index (χ3n) is 4.97. The van der Waals surface area contributed by atoms with Gasteiger partial charge in [-0.3, -0.25) is 4.79 Å². The van der Waals surface area contributed by atoms with Crippen LogP contribution in [0.4, 0.5) is 5.69 Å². The average Bonchev–Trinajstić information content (AvgIpc) is 3.06. The Morgan fingerprint density at radius 1 is 0.724 bits per heavy atom. The molecule has 0 fully saturated rings. The van der Waals surface area contributed by atoms with Crippen molar-refractivity contribution in [1.29, 1.82) is 0 Å². The quantitative estimate of drug-likeness (QED) is 0.653. The van der Waals surface area contributed by atoms with Gasteiger partial charge >= 0.3 is 0 Å². The van der Waals surface area contributed by atoms with Crippen molar-refractivity contribution in [2.24, 2.45) is 0 Å². The minimum Gasteiger partial charge on any atom is -0.497 e. The summed E-state index contributed by atoms with van der Waals surface area (Å²) in [7, 11) is 4.83. The van der Waals surface area contributed by atoms with Crippen LogP contribution in [0.25, 0.3) is 11.3 Å². The second kappa shape index (κ2) is 7.72. The maximum atomic E-state index is 13.2. The Kier molecular flexibility index (Phi) is 4.96. The van der Waals surface area contributed by atoms with Gasteiger partial charge in [-0.25, -0.2) is 0 Å². The van der Waals surface area contributed by atoms with Crippen LogP contribution in [0.1, 0.15) is 21.5 Å². The number of anilines is 1. The van der Waals surface area contributed by atoms with E-state index in [0.717, 1.165) is 28.3 Å². The van der Waals surface area contributed by atoms with Crippen LogP contribution in [0.2, 0.25) is 0 Å². The monoisotopic (exact) mass is 387 g/mol. The summed E-state index contributed by atoms with van der Waals surface area (Å²) in [6.45, 7) is 0. The number of benzene rings is 3. The summed E-state index contributed by atoms with van der Waals surface area (Å²) < 4.78 is 16.0. The number of ketones is 1. The lowest BCUT2D eigenvalue weighted by molar-refractivity contribution is 0.105. The van der Waals surface area contributed by atoms with E-state index in [2.05, 4.69) is 5.32 Å². The number of allylic oxidation sites excluding steroid dienone is 1. The van der Waals surface area contributed by atoms with E-state index in [1.54, 1.807) is 27.4 Å². The van der Waals surface area contributed by atoms with Gasteiger partial charge in [-0.1, -0.05) is 36.4 Å². The fourth-order valence-corrected chi connectivity index (χ4v) is 3.48. The van der Waals surface area contributed by atoms with Crippen LogP contribution < -0.4 is 19.5 Å². The van der Waals surface area contributed by atoms with Crippen molar-refractivity contribution >= 4 is 22.7 Å². The zero-order valence-electron chi connectivity index (χ0n) is 16.5. The number of Topliss-reactive ketones (excluding diaryl/α,β-unsaturated/α-hetero) is 1. The first-order valence-electron chi connectivity index (χ1n) is 9.18. The third kappa shape index (κ3) is 3.31. The number of carbonyl (C=O) groups excluding carboxylic acids is 1. The Morgan fingerprint density at radius 2 is 1.38 bits per heavy atom. The molecule has 0 saturated heterocycles. The first-order chi connectivity index (χ1) is 14.2. The molecule has 0 spiro atoms. The molecule has 0 saturated carbocycles. The molecule has 5 nitrogen and oxygen atoms in total. The molecule has 146 valence electrons. The largest absolute Gasteiger partial charge is 0.497 e. The number of ether oxygens (including phenoxy) is 3. The van der Waals surface area contributed by atoms with Gasteiger partial charge in [0.1, 0.15) is 17.2 Å². The Labute approximate surface area is 169 Å². The number of nitrogens with one attached hydrogen (secondary N) is 1. The molecule has 1 N–H and O–H groups in total. The van der Waals surface area contributed by atoms with E-state index in [9.17, 15) is 4.79 Å². The van der Waals surface area contributed by atoms with Gasteiger partial charge in [0.2, 0.25) is 0 Å². The average molecular weight is 387 g/mol. The molecule has 3 aromatic carbocycles. The van der Waals surface area contributed by atoms with Gasteiger partial charge in [0.25, 0.3) is 0 Å². The van der Waals surface area contributed by atoms with Crippen LogP contribution in [0.5, 0.6) is 17.2 Å². The maximum absolute atomic E-state index is 13.2. The van der Waals surface area contributed by atoms with Crippen LogP contribution in [0.15, 0.2) is 66.7 Å². The Balaban J connectivity index is 1.85. The maximum Gasteiger partial charge on any atom is 0.196 e. The number of hydrogen-bond acceptors (Lipinski definition) is 5. The SMILES string of the molecule is COc1ccc(C2=C(Nc3ccc(OC)cc3OC)c3ccccc3C2=O)cc1. The van der Waals surface area contributed by atoms with Crippen LogP contribution in [-0.4, -0.2) is 27.1 Å². The van der Waals surface area contributed by atoms with E-state index in [-0.39, 0.29) is 5.78 Å². The molecule has 3 aromatic rings. The van der Waals surface area contributed by atoms with Gasteiger partial charge in [0.05, 0.1) is 38.3 Å². The third-order valence-corrected chi connectivity index (χ3v) is 4.97.